The molecule has 6 heteroatoms. The van der Waals surface area contributed by atoms with Crippen molar-refractivity contribution in [1.29, 1.82) is 0 Å². The van der Waals surface area contributed by atoms with Gasteiger partial charge in [0, 0.05) is 6.07 Å². The Labute approximate surface area is 106 Å². The third kappa shape index (κ3) is 3.39. The van der Waals surface area contributed by atoms with Crippen LogP contribution in [0.15, 0.2) is 16.6 Å². The quantitative estimate of drug-likeness (QED) is 0.840. The lowest BCUT2D eigenvalue weighted by Crippen LogP contribution is -2.34. The maximum absolute atomic E-state index is 13.5. The number of aliphatic carboxylic acids is 1. The molecule has 0 amide bonds. The molecule has 0 saturated carbocycles. The van der Waals surface area contributed by atoms with Crippen molar-refractivity contribution in [3.8, 4) is 0 Å². The van der Waals surface area contributed by atoms with Gasteiger partial charge in [-0.25, -0.2) is 13.6 Å². The third-order valence-corrected chi connectivity index (χ3v) is 2.86. The van der Waals surface area contributed by atoms with Crippen molar-refractivity contribution in [2.45, 2.75) is 19.9 Å². The van der Waals surface area contributed by atoms with Crippen LogP contribution in [-0.4, -0.2) is 17.1 Å². The molecule has 0 heterocycles. The maximum Gasteiger partial charge on any atom is 0.326 e. The lowest BCUT2D eigenvalue weighted by molar-refractivity contribution is -0.138. The van der Waals surface area contributed by atoms with Gasteiger partial charge < -0.3 is 10.4 Å². The number of hydrogen-bond donors (Lipinski definition) is 2. The van der Waals surface area contributed by atoms with E-state index in [1.807, 2.05) is 0 Å². The molecule has 0 fully saturated rings. The molecule has 0 radical (unpaired) electrons. The molecule has 3 nitrogen and oxygen atoms in total. The van der Waals surface area contributed by atoms with Gasteiger partial charge in [-0.2, -0.15) is 0 Å². The van der Waals surface area contributed by atoms with Gasteiger partial charge in [-0.1, -0.05) is 13.8 Å². The minimum Gasteiger partial charge on any atom is -0.480 e. The summed E-state index contributed by atoms with van der Waals surface area (Å²) in [5, 5.41) is 11.4. The SMILES string of the molecule is CC(C)C(Nc1cc(F)c(Br)cc1F)C(=O)O. The molecule has 0 aliphatic heterocycles. The Morgan fingerprint density at radius 2 is 1.94 bits per heavy atom. The third-order valence-electron chi connectivity index (χ3n) is 2.25. The Morgan fingerprint density at radius 1 is 1.35 bits per heavy atom. The van der Waals surface area contributed by atoms with Crippen LogP contribution in [0.5, 0.6) is 0 Å². The van der Waals surface area contributed by atoms with E-state index in [1.165, 1.54) is 0 Å². The van der Waals surface area contributed by atoms with Crippen LogP contribution in [0.3, 0.4) is 0 Å². The second kappa shape index (κ2) is 5.44. The van der Waals surface area contributed by atoms with Gasteiger partial charge in [-0.05, 0) is 27.9 Å². The van der Waals surface area contributed by atoms with Crippen molar-refractivity contribution in [2.75, 3.05) is 5.32 Å². The van der Waals surface area contributed by atoms with Crippen LogP contribution < -0.4 is 5.32 Å². The predicted molar refractivity (Wildman–Crippen MR) is 63.9 cm³/mol. The molecule has 0 saturated heterocycles. The average molecular weight is 308 g/mol. The number of carboxylic acids is 1. The summed E-state index contributed by atoms with van der Waals surface area (Å²) in [5.74, 6) is -2.71. The summed E-state index contributed by atoms with van der Waals surface area (Å²) >= 11 is 2.85. The minimum absolute atomic E-state index is 0.00280. The van der Waals surface area contributed by atoms with Crippen molar-refractivity contribution >= 4 is 27.6 Å². The predicted octanol–water partition coefficient (Wildman–Crippen LogP) is 3.25. The first-order valence-corrected chi connectivity index (χ1v) is 5.76. The number of rotatable bonds is 4. The molecule has 1 aromatic rings. The van der Waals surface area contributed by atoms with Crippen molar-refractivity contribution < 1.29 is 18.7 Å². The molecule has 1 aromatic carbocycles. The highest BCUT2D eigenvalue weighted by Crippen LogP contribution is 2.24. The lowest BCUT2D eigenvalue weighted by atomic mass is 10.0. The van der Waals surface area contributed by atoms with Gasteiger partial charge in [-0.15, -0.1) is 0 Å². The van der Waals surface area contributed by atoms with Gasteiger partial charge >= 0.3 is 5.97 Å². The highest BCUT2D eigenvalue weighted by Gasteiger charge is 2.22. The number of hydrogen-bond acceptors (Lipinski definition) is 2. The van der Waals surface area contributed by atoms with Crippen LogP contribution >= 0.6 is 15.9 Å². The van der Waals surface area contributed by atoms with Gasteiger partial charge in [0.2, 0.25) is 0 Å². The van der Waals surface area contributed by atoms with Crippen molar-refractivity contribution in [1.82, 2.24) is 0 Å². The Balaban J connectivity index is 3.01. The van der Waals surface area contributed by atoms with E-state index < -0.39 is 23.6 Å². The largest absolute Gasteiger partial charge is 0.480 e. The maximum atomic E-state index is 13.5. The summed E-state index contributed by atoms with van der Waals surface area (Å²) < 4.78 is 26.7. The molecular weight excluding hydrogens is 296 g/mol. The van der Waals surface area contributed by atoms with Crippen LogP contribution in [0.4, 0.5) is 14.5 Å². The zero-order valence-electron chi connectivity index (χ0n) is 9.30. The average Bonchev–Trinajstić information content (AvgIpc) is 2.20. The van der Waals surface area contributed by atoms with E-state index in [2.05, 4.69) is 21.2 Å². The molecule has 1 atom stereocenters. The molecule has 0 aliphatic rings. The fourth-order valence-corrected chi connectivity index (χ4v) is 1.63. The number of carboxylic acid groups (broad SMARTS) is 1. The van der Waals surface area contributed by atoms with E-state index in [9.17, 15) is 13.6 Å². The first-order valence-electron chi connectivity index (χ1n) is 4.96. The molecule has 2 N–H and O–H groups in total. The van der Waals surface area contributed by atoms with Gasteiger partial charge in [-0.3, -0.25) is 0 Å². The number of benzene rings is 1. The second-order valence-corrected chi connectivity index (χ2v) is 4.80. The van der Waals surface area contributed by atoms with Gasteiger partial charge in [0.1, 0.15) is 17.7 Å². The first kappa shape index (κ1) is 13.9. The summed E-state index contributed by atoms with van der Waals surface area (Å²) in [5.41, 5.74) is -0.160. The van der Waals surface area contributed by atoms with E-state index in [-0.39, 0.29) is 16.1 Å². The molecule has 17 heavy (non-hydrogen) atoms. The van der Waals surface area contributed by atoms with Gasteiger partial charge in [0.05, 0.1) is 10.2 Å². The van der Waals surface area contributed by atoms with E-state index in [0.29, 0.717) is 0 Å². The standard InChI is InChI=1S/C11H12BrF2NO2/c1-5(2)10(11(16)17)15-9-4-7(13)6(12)3-8(9)14/h3-5,10,15H,1-2H3,(H,16,17). The van der Waals surface area contributed by atoms with E-state index >= 15 is 0 Å². The van der Waals surface area contributed by atoms with Crippen LogP contribution in [0.1, 0.15) is 13.8 Å². The Morgan fingerprint density at radius 3 is 2.41 bits per heavy atom. The summed E-state index contributed by atoms with van der Waals surface area (Å²) in [6.45, 7) is 3.36. The zero-order valence-corrected chi connectivity index (χ0v) is 10.9. The number of anilines is 1. The summed E-state index contributed by atoms with van der Waals surface area (Å²) in [4.78, 5) is 10.9. The summed E-state index contributed by atoms with van der Waals surface area (Å²) in [6.07, 6.45) is 0. The fourth-order valence-electron chi connectivity index (χ4n) is 1.31. The summed E-state index contributed by atoms with van der Waals surface area (Å²) in [6, 6.07) is 0.916. The Bertz CT molecular complexity index is 438. The fraction of sp³-hybridized carbons (Fsp3) is 0.364. The number of carbonyl (C=O) groups is 1. The van der Waals surface area contributed by atoms with Crippen molar-refractivity contribution in [3.63, 3.8) is 0 Å². The number of nitrogens with one attached hydrogen (secondary N) is 1. The monoisotopic (exact) mass is 307 g/mol. The topological polar surface area (TPSA) is 49.3 Å². The molecule has 0 aliphatic carbocycles. The van der Waals surface area contributed by atoms with Crippen molar-refractivity contribution in [3.05, 3.63) is 28.2 Å². The van der Waals surface area contributed by atoms with Crippen molar-refractivity contribution in [2.24, 2.45) is 5.92 Å². The van der Waals surface area contributed by atoms with Crippen LogP contribution in [0.25, 0.3) is 0 Å². The molecule has 0 aromatic heterocycles. The van der Waals surface area contributed by atoms with Gasteiger partial charge in [0.25, 0.3) is 0 Å². The Hall–Kier alpha value is -1.17. The van der Waals surface area contributed by atoms with Crippen LogP contribution in [0, 0.1) is 17.6 Å². The molecular formula is C11H12BrF2NO2. The number of halogens is 3. The Kier molecular flexibility index (Phi) is 4.45. The van der Waals surface area contributed by atoms with Gasteiger partial charge in [0.15, 0.2) is 0 Å². The normalized spacial score (nSPS) is 12.6. The highest BCUT2D eigenvalue weighted by molar-refractivity contribution is 9.10. The second-order valence-electron chi connectivity index (χ2n) is 3.95. The zero-order chi connectivity index (χ0) is 13.2. The molecule has 1 unspecified atom stereocenters. The van der Waals surface area contributed by atoms with E-state index in [4.69, 9.17) is 5.11 Å². The lowest BCUT2D eigenvalue weighted by Gasteiger charge is -2.19. The molecule has 0 spiro atoms. The van der Waals surface area contributed by atoms with E-state index in [0.717, 1.165) is 12.1 Å². The highest BCUT2D eigenvalue weighted by atomic mass is 79.9. The first-order chi connectivity index (χ1) is 7.82. The molecule has 1 rings (SSSR count). The van der Waals surface area contributed by atoms with Crippen LogP contribution in [-0.2, 0) is 4.79 Å². The smallest absolute Gasteiger partial charge is 0.326 e. The summed E-state index contributed by atoms with van der Waals surface area (Å²) in [7, 11) is 0. The minimum atomic E-state index is -1.11. The molecule has 94 valence electrons. The van der Waals surface area contributed by atoms with Crippen LogP contribution in [0.2, 0.25) is 0 Å². The molecule has 0 bridgehead atoms. The van der Waals surface area contributed by atoms with E-state index in [1.54, 1.807) is 13.8 Å².